The van der Waals surface area contributed by atoms with Crippen molar-refractivity contribution in [2.24, 2.45) is 0 Å². The van der Waals surface area contributed by atoms with E-state index in [1.807, 2.05) is 24.5 Å². The molecule has 1 aliphatic carbocycles. The Morgan fingerprint density at radius 3 is 1.52 bits per heavy atom. The number of benzene rings is 8. The molecule has 71 heavy (non-hydrogen) atoms. The van der Waals surface area contributed by atoms with Gasteiger partial charge in [0, 0.05) is 79.8 Å². The molecule has 0 fully saturated rings. The van der Waals surface area contributed by atoms with Crippen molar-refractivity contribution in [2.45, 2.75) is 18.8 Å². The summed E-state index contributed by atoms with van der Waals surface area (Å²) < 4.78 is 17.5. The van der Waals surface area contributed by atoms with Crippen LogP contribution in [0.4, 0.5) is 0 Å². The smallest absolute Gasteiger partial charge is 0.138 e. The van der Waals surface area contributed by atoms with Gasteiger partial charge in [0.15, 0.2) is 0 Å². The minimum Gasteiger partial charge on any atom is -0.456 e. The largest absolute Gasteiger partial charge is 0.456 e. The lowest BCUT2D eigenvalue weighted by Gasteiger charge is -2.26. The molecule has 15 rings (SSSR count). The molecular weight excluding hydrogens is 869 g/mol. The van der Waals surface area contributed by atoms with Crippen LogP contribution >= 0.6 is 0 Å². The third-order valence-electron chi connectivity index (χ3n) is 15.1. The summed E-state index contributed by atoms with van der Waals surface area (Å²) >= 11 is 0. The lowest BCUT2D eigenvalue weighted by molar-refractivity contribution is 0.655. The summed E-state index contributed by atoms with van der Waals surface area (Å²) in [6.45, 7) is 2.38. The van der Waals surface area contributed by atoms with Crippen molar-refractivity contribution in [1.82, 2.24) is 19.1 Å². The Morgan fingerprint density at radius 2 is 0.901 bits per heavy atom. The number of rotatable bonds is 6. The van der Waals surface area contributed by atoms with Gasteiger partial charge in [0.25, 0.3) is 0 Å². The summed E-state index contributed by atoms with van der Waals surface area (Å²) in [4.78, 5) is 8.71. The normalized spacial score (nSPS) is 14.8. The van der Waals surface area contributed by atoms with E-state index >= 15 is 0 Å². The first kappa shape index (κ1) is 39.7. The van der Waals surface area contributed by atoms with Crippen molar-refractivity contribution in [2.75, 3.05) is 0 Å². The lowest BCUT2D eigenvalue weighted by atomic mass is 9.78. The highest BCUT2D eigenvalue weighted by atomic mass is 16.3. The third kappa shape index (κ3) is 6.14. The summed E-state index contributed by atoms with van der Waals surface area (Å²) in [6.07, 6.45) is 12.1. The Balaban J connectivity index is 0.842. The molecule has 2 atom stereocenters. The molecule has 6 nitrogen and oxygen atoms in total. The van der Waals surface area contributed by atoms with Crippen molar-refractivity contribution in [3.63, 3.8) is 0 Å². The third-order valence-corrected chi connectivity index (χ3v) is 15.1. The molecule has 8 aromatic carbocycles. The quantitative estimate of drug-likeness (QED) is 0.167. The van der Waals surface area contributed by atoms with E-state index in [0.29, 0.717) is 0 Å². The molecule has 6 aromatic heterocycles. The maximum atomic E-state index is 6.35. The van der Waals surface area contributed by atoms with E-state index < -0.39 is 0 Å². The van der Waals surface area contributed by atoms with Gasteiger partial charge in [-0.2, -0.15) is 0 Å². The highest BCUT2D eigenvalue weighted by molar-refractivity contribution is 6.12. The number of pyridine rings is 2. The number of hydrogen-bond acceptors (Lipinski definition) is 4. The number of nitrogens with zero attached hydrogens (tertiary/aromatic N) is 4. The molecule has 0 amide bonds. The maximum absolute atomic E-state index is 6.35. The standard InChI is InChI=1S/C65H42N4O2/c1-39-49(46-16-21-51-56-38-67-30-28-62(56)71-64(51)36-46)22-26-60-65(39)54-34-44(19-25-59(54)69(60)48-13-6-3-7-14-48)41-10-8-9-40(31-41)42-17-23-57-52(32-42)53-33-43(18-24-58(53)68(57)47-11-4-2-5-12-47)45-15-20-50-55-37-66-29-27-61(55)70-63(50)35-45/h2-39,49H,1H3. The van der Waals surface area contributed by atoms with Gasteiger partial charge >= 0.3 is 0 Å². The predicted molar refractivity (Wildman–Crippen MR) is 291 cm³/mol. The van der Waals surface area contributed by atoms with Crippen molar-refractivity contribution < 1.29 is 8.83 Å². The highest BCUT2D eigenvalue weighted by Gasteiger charge is 2.31. The minimum absolute atomic E-state index is 0.164. The Kier molecular flexibility index (Phi) is 8.60. The van der Waals surface area contributed by atoms with Crippen molar-refractivity contribution in [1.29, 1.82) is 0 Å². The number of fused-ring (bicyclic) bond motifs is 12. The van der Waals surface area contributed by atoms with Gasteiger partial charge in [-0.1, -0.05) is 104 Å². The minimum atomic E-state index is 0.164. The first-order chi connectivity index (χ1) is 35.1. The number of aromatic nitrogens is 4. The summed E-state index contributed by atoms with van der Waals surface area (Å²) in [5.74, 6) is 0.362. The highest BCUT2D eigenvalue weighted by Crippen LogP contribution is 2.48. The number of hydrogen-bond donors (Lipinski definition) is 0. The van der Waals surface area contributed by atoms with Crippen LogP contribution in [0.1, 0.15) is 35.6 Å². The molecule has 334 valence electrons. The molecule has 0 saturated carbocycles. The lowest BCUT2D eigenvalue weighted by Crippen LogP contribution is -2.12. The average Bonchev–Trinajstić information content (AvgIpc) is 4.18. The second-order valence-electron chi connectivity index (χ2n) is 19.0. The fourth-order valence-corrected chi connectivity index (χ4v) is 11.7. The van der Waals surface area contributed by atoms with Crippen LogP contribution in [0.2, 0.25) is 0 Å². The molecule has 6 heteroatoms. The Labute approximate surface area is 408 Å². The fourth-order valence-electron chi connectivity index (χ4n) is 11.7. The van der Waals surface area contributed by atoms with E-state index in [1.54, 1.807) is 12.4 Å². The zero-order chi connectivity index (χ0) is 46.7. The number of allylic oxidation sites excluding steroid dienone is 1. The first-order valence-electron chi connectivity index (χ1n) is 24.3. The van der Waals surface area contributed by atoms with Crippen LogP contribution in [0.3, 0.4) is 0 Å². The van der Waals surface area contributed by atoms with E-state index in [9.17, 15) is 0 Å². The van der Waals surface area contributed by atoms with E-state index in [2.05, 4.69) is 214 Å². The summed E-state index contributed by atoms with van der Waals surface area (Å²) in [6, 6.07) is 68.4. The van der Waals surface area contributed by atoms with Crippen LogP contribution in [0.5, 0.6) is 0 Å². The van der Waals surface area contributed by atoms with E-state index in [-0.39, 0.29) is 11.8 Å². The van der Waals surface area contributed by atoms with Crippen LogP contribution in [-0.4, -0.2) is 19.1 Å². The SMILES string of the molecule is CC1c2c(n(-c3ccccc3)c3ccc(-c4cccc(-c5ccc6c(c5)c5cc(-c7ccc8c(c7)oc7ccncc78)ccc5n6-c5ccccc5)c4)cc23)C=CC1c1ccc2c(c1)oc1ccncc12. The van der Waals surface area contributed by atoms with Gasteiger partial charge in [-0.15, -0.1) is 0 Å². The second kappa shape index (κ2) is 15.4. The van der Waals surface area contributed by atoms with Gasteiger partial charge in [-0.25, -0.2) is 0 Å². The van der Waals surface area contributed by atoms with Gasteiger partial charge in [0.2, 0.25) is 0 Å². The molecule has 0 spiro atoms. The van der Waals surface area contributed by atoms with Gasteiger partial charge in [0.05, 0.1) is 22.2 Å². The van der Waals surface area contributed by atoms with Gasteiger partial charge in [-0.05, 0) is 154 Å². The monoisotopic (exact) mass is 910 g/mol. The maximum Gasteiger partial charge on any atom is 0.138 e. The van der Waals surface area contributed by atoms with Crippen molar-refractivity contribution in [3.8, 4) is 44.8 Å². The first-order valence-corrected chi connectivity index (χ1v) is 24.3. The Morgan fingerprint density at radius 1 is 0.394 bits per heavy atom. The topological polar surface area (TPSA) is 61.9 Å². The van der Waals surface area contributed by atoms with Gasteiger partial charge in [0.1, 0.15) is 22.3 Å². The molecule has 6 heterocycles. The predicted octanol–water partition coefficient (Wildman–Crippen LogP) is 17.2. The van der Waals surface area contributed by atoms with Crippen LogP contribution in [0.15, 0.2) is 228 Å². The zero-order valence-corrected chi connectivity index (χ0v) is 38.6. The number of furan rings is 2. The zero-order valence-electron chi connectivity index (χ0n) is 38.6. The molecule has 0 saturated heterocycles. The summed E-state index contributed by atoms with van der Waals surface area (Å²) in [5, 5.41) is 7.91. The van der Waals surface area contributed by atoms with E-state index in [4.69, 9.17) is 8.83 Å². The van der Waals surface area contributed by atoms with Crippen LogP contribution in [0.25, 0.3) is 127 Å². The van der Waals surface area contributed by atoms with Gasteiger partial charge < -0.3 is 18.0 Å². The molecule has 2 unspecified atom stereocenters. The molecule has 0 bridgehead atoms. The number of para-hydroxylation sites is 2. The van der Waals surface area contributed by atoms with Crippen LogP contribution < -0.4 is 0 Å². The second-order valence-corrected chi connectivity index (χ2v) is 19.0. The fraction of sp³-hybridized carbons (Fsp3) is 0.0462. The molecule has 0 aliphatic heterocycles. The van der Waals surface area contributed by atoms with Crippen molar-refractivity contribution >= 4 is 82.7 Å². The molecule has 14 aromatic rings. The van der Waals surface area contributed by atoms with Crippen LogP contribution in [-0.2, 0) is 0 Å². The Hall–Kier alpha value is -9.26. The van der Waals surface area contributed by atoms with E-state index in [0.717, 1.165) is 77.4 Å². The molecule has 1 aliphatic rings. The average molecular weight is 911 g/mol. The van der Waals surface area contributed by atoms with Crippen molar-refractivity contribution in [3.05, 3.63) is 236 Å². The van der Waals surface area contributed by atoms with E-state index in [1.165, 1.54) is 60.8 Å². The van der Waals surface area contributed by atoms with Gasteiger partial charge in [-0.3, -0.25) is 9.97 Å². The summed E-state index contributed by atoms with van der Waals surface area (Å²) in [7, 11) is 0. The molecule has 0 radical (unpaired) electrons. The molecular formula is C65H42N4O2. The Bertz CT molecular complexity index is 4490. The van der Waals surface area contributed by atoms with Crippen LogP contribution in [0, 0.1) is 0 Å². The molecule has 0 N–H and O–H groups in total. The summed E-state index contributed by atoms with van der Waals surface area (Å²) in [5.41, 5.74) is 20.1.